The molecular formula is C16H23N3O4. The van der Waals surface area contributed by atoms with E-state index in [0.717, 1.165) is 25.9 Å². The second-order valence-corrected chi connectivity index (χ2v) is 6.94. The first kappa shape index (κ1) is 17.2. The molecule has 0 bridgehead atoms. The van der Waals surface area contributed by atoms with Crippen LogP contribution in [0.1, 0.15) is 44.0 Å². The Kier molecular flexibility index (Phi) is 4.87. The molecule has 0 N–H and O–H groups in total. The summed E-state index contributed by atoms with van der Waals surface area (Å²) in [5.74, 6) is 0.292. The second-order valence-electron chi connectivity index (χ2n) is 6.94. The lowest BCUT2D eigenvalue weighted by atomic mass is 9.75. The summed E-state index contributed by atoms with van der Waals surface area (Å²) in [6, 6.07) is 1.24. The Bertz CT molecular complexity index is 602. The minimum atomic E-state index is -0.626. The highest BCUT2D eigenvalue weighted by Gasteiger charge is 2.32. The number of methoxy groups -OCH3 is 1. The molecule has 0 spiro atoms. The van der Waals surface area contributed by atoms with Crippen molar-refractivity contribution in [3.05, 3.63) is 27.9 Å². The van der Waals surface area contributed by atoms with Crippen LogP contribution in [0.25, 0.3) is 0 Å². The zero-order valence-electron chi connectivity index (χ0n) is 14.0. The molecule has 1 aliphatic heterocycles. The fourth-order valence-corrected chi connectivity index (χ4v) is 3.01. The Morgan fingerprint density at radius 2 is 2.00 bits per heavy atom. The van der Waals surface area contributed by atoms with Crippen molar-refractivity contribution < 1.29 is 14.5 Å². The van der Waals surface area contributed by atoms with E-state index < -0.39 is 10.9 Å². The van der Waals surface area contributed by atoms with Gasteiger partial charge in [-0.05, 0) is 24.2 Å². The second kappa shape index (κ2) is 6.52. The number of hydrogen-bond acceptors (Lipinski definition) is 6. The molecule has 1 fully saturated rings. The Balaban J connectivity index is 2.23. The van der Waals surface area contributed by atoms with E-state index in [-0.39, 0.29) is 16.7 Å². The SMILES string of the molecule is COC(=O)c1cnc(N2CCC(C(C)(C)C)CC2)c([N+](=O)[O-])c1. The fraction of sp³-hybridized carbons (Fsp3) is 0.625. The van der Waals surface area contributed by atoms with E-state index in [0.29, 0.717) is 11.7 Å². The molecule has 7 heteroatoms. The van der Waals surface area contributed by atoms with Gasteiger partial charge in [0.25, 0.3) is 0 Å². The van der Waals surface area contributed by atoms with Crippen LogP contribution in [0.3, 0.4) is 0 Å². The first-order valence-corrected chi connectivity index (χ1v) is 7.71. The van der Waals surface area contributed by atoms with E-state index in [1.807, 2.05) is 4.90 Å². The molecule has 0 aromatic carbocycles. The topological polar surface area (TPSA) is 85.6 Å². The minimum Gasteiger partial charge on any atom is -0.465 e. The minimum absolute atomic E-state index is 0.0903. The Hall–Kier alpha value is -2.18. The van der Waals surface area contributed by atoms with Crippen LogP contribution in [0.2, 0.25) is 0 Å². The highest BCUT2D eigenvalue weighted by atomic mass is 16.6. The predicted molar refractivity (Wildman–Crippen MR) is 86.6 cm³/mol. The highest BCUT2D eigenvalue weighted by Crippen LogP contribution is 2.37. The molecule has 7 nitrogen and oxygen atoms in total. The van der Waals surface area contributed by atoms with Crippen molar-refractivity contribution in [3.63, 3.8) is 0 Å². The number of nitrogens with zero attached hydrogens (tertiary/aromatic N) is 3. The lowest BCUT2D eigenvalue weighted by Gasteiger charge is -2.39. The summed E-state index contributed by atoms with van der Waals surface area (Å²) in [5, 5.41) is 11.3. The number of ether oxygens (including phenoxy) is 1. The van der Waals surface area contributed by atoms with Crippen molar-refractivity contribution in [2.24, 2.45) is 11.3 Å². The first-order valence-electron chi connectivity index (χ1n) is 7.71. The van der Waals surface area contributed by atoms with E-state index in [2.05, 4.69) is 30.5 Å². The lowest BCUT2D eigenvalue weighted by Crippen LogP contribution is -2.38. The molecule has 0 saturated carbocycles. The molecule has 1 aromatic rings. The number of hydrogen-bond donors (Lipinski definition) is 0. The van der Waals surface area contributed by atoms with E-state index >= 15 is 0 Å². The predicted octanol–water partition coefficient (Wildman–Crippen LogP) is 3.04. The van der Waals surface area contributed by atoms with Crippen molar-refractivity contribution >= 4 is 17.5 Å². The van der Waals surface area contributed by atoms with Crippen LogP contribution >= 0.6 is 0 Å². The van der Waals surface area contributed by atoms with Gasteiger partial charge in [-0.15, -0.1) is 0 Å². The Labute approximate surface area is 135 Å². The molecule has 0 atom stereocenters. The average molecular weight is 321 g/mol. The average Bonchev–Trinajstić information content (AvgIpc) is 2.52. The van der Waals surface area contributed by atoms with Crippen LogP contribution in [-0.4, -0.2) is 36.1 Å². The Morgan fingerprint density at radius 1 is 1.39 bits per heavy atom. The maximum atomic E-state index is 11.5. The largest absolute Gasteiger partial charge is 0.465 e. The molecule has 1 aromatic heterocycles. The summed E-state index contributed by atoms with van der Waals surface area (Å²) in [7, 11) is 1.24. The third-order valence-corrected chi connectivity index (χ3v) is 4.48. The van der Waals surface area contributed by atoms with E-state index in [1.54, 1.807) is 0 Å². The quantitative estimate of drug-likeness (QED) is 0.483. The van der Waals surface area contributed by atoms with Crippen LogP contribution in [-0.2, 0) is 4.74 Å². The summed E-state index contributed by atoms with van der Waals surface area (Å²) < 4.78 is 4.59. The maximum absolute atomic E-state index is 11.5. The molecule has 23 heavy (non-hydrogen) atoms. The van der Waals surface area contributed by atoms with Gasteiger partial charge in [0, 0.05) is 25.4 Å². The smallest absolute Gasteiger partial charge is 0.339 e. The van der Waals surface area contributed by atoms with E-state index in [9.17, 15) is 14.9 Å². The number of carbonyl (C=O) groups is 1. The molecule has 1 saturated heterocycles. The van der Waals surface area contributed by atoms with Gasteiger partial charge in [0.2, 0.25) is 5.82 Å². The number of piperidine rings is 1. The van der Waals surface area contributed by atoms with Gasteiger partial charge in [-0.25, -0.2) is 9.78 Å². The summed E-state index contributed by atoms with van der Waals surface area (Å²) >= 11 is 0. The van der Waals surface area contributed by atoms with Gasteiger partial charge < -0.3 is 9.64 Å². The molecule has 0 aliphatic carbocycles. The lowest BCUT2D eigenvalue weighted by molar-refractivity contribution is -0.384. The van der Waals surface area contributed by atoms with E-state index in [1.165, 1.54) is 19.4 Å². The standard InChI is InChI=1S/C16H23N3O4/c1-16(2,3)12-5-7-18(8-6-12)14-13(19(21)22)9-11(10-17-14)15(20)23-4/h9-10,12H,5-8H2,1-4H3. The maximum Gasteiger partial charge on any atom is 0.339 e. The molecule has 0 radical (unpaired) electrons. The Morgan fingerprint density at radius 3 is 2.48 bits per heavy atom. The molecule has 126 valence electrons. The number of esters is 1. The monoisotopic (exact) mass is 321 g/mol. The van der Waals surface area contributed by atoms with Gasteiger partial charge in [0.15, 0.2) is 0 Å². The zero-order valence-corrected chi connectivity index (χ0v) is 14.0. The van der Waals surface area contributed by atoms with Gasteiger partial charge in [-0.2, -0.15) is 0 Å². The van der Waals surface area contributed by atoms with Crippen LogP contribution in [0, 0.1) is 21.4 Å². The van der Waals surface area contributed by atoms with Crippen LogP contribution < -0.4 is 4.90 Å². The molecule has 0 amide bonds. The van der Waals surface area contributed by atoms with Crippen molar-refractivity contribution in [2.75, 3.05) is 25.1 Å². The molecule has 2 rings (SSSR count). The highest BCUT2D eigenvalue weighted by molar-refractivity contribution is 5.90. The van der Waals surface area contributed by atoms with Crippen molar-refractivity contribution in [1.82, 2.24) is 4.98 Å². The third kappa shape index (κ3) is 3.78. The number of carbonyl (C=O) groups excluding carboxylic acids is 1. The van der Waals surface area contributed by atoms with Gasteiger partial charge in [-0.1, -0.05) is 20.8 Å². The van der Waals surface area contributed by atoms with Crippen molar-refractivity contribution in [2.45, 2.75) is 33.6 Å². The molecule has 1 aliphatic rings. The fourth-order valence-electron chi connectivity index (χ4n) is 3.01. The normalized spacial score (nSPS) is 16.3. The molecular weight excluding hydrogens is 298 g/mol. The third-order valence-electron chi connectivity index (χ3n) is 4.48. The number of pyridine rings is 1. The molecule has 2 heterocycles. The van der Waals surface area contributed by atoms with Gasteiger partial charge in [0.1, 0.15) is 0 Å². The summed E-state index contributed by atoms with van der Waals surface area (Å²) in [6.45, 7) is 8.12. The molecule has 0 unspecified atom stereocenters. The van der Waals surface area contributed by atoms with Crippen LogP contribution in [0.5, 0.6) is 0 Å². The van der Waals surface area contributed by atoms with Crippen LogP contribution in [0.15, 0.2) is 12.3 Å². The summed E-state index contributed by atoms with van der Waals surface area (Å²) in [6.07, 6.45) is 3.28. The first-order chi connectivity index (χ1) is 10.7. The van der Waals surface area contributed by atoms with Crippen molar-refractivity contribution in [3.8, 4) is 0 Å². The number of nitro groups is 1. The number of anilines is 1. The van der Waals surface area contributed by atoms with Gasteiger partial charge in [0.05, 0.1) is 17.6 Å². The van der Waals surface area contributed by atoms with E-state index in [4.69, 9.17) is 0 Å². The van der Waals surface area contributed by atoms with Gasteiger partial charge >= 0.3 is 11.7 Å². The summed E-state index contributed by atoms with van der Waals surface area (Å²) in [4.78, 5) is 28.5. The summed E-state index contributed by atoms with van der Waals surface area (Å²) in [5.41, 5.74) is 0.176. The van der Waals surface area contributed by atoms with Crippen molar-refractivity contribution in [1.29, 1.82) is 0 Å². The number of aromatic nitrogens is 1. The van der Waals surface area contributed by atoms with Gasteiger partial charge in [-0.3, -0.25) is 10.1 Å². The zero-order chi connectivity index (χ0) is 17.2. The number of rotatable bonds is 3. The van der Waals surface area contributed by atoms with Crippen LogP contribution in [0.4, 0.5) is 11.5 Å².